The van der Waals surface area contributed by atoms with Gasteiger partial charge in [-0.3, -0.25) is 20.2 Å². The number of carbonyl (C=O) groups excluding carboxylic acids is 1. The molecule has 0 amide bonds. The predicted octanol–water partition coefficient (Wildman–Crippen LogP) is 1.55. The molecule has 0 saturated carbocycles. The van der Waals surface area contributed by atoms with Gasteiger partial charge in [0.2, 0.25) is 0 Å². The van der Waals surface area contributed by atoms with Gasteiger partial charge < -0.3 is 14.4 Å². The van der Waals surface area contributed by atoms with Crippen molar-refractivity contribution in [2.75, 3.05) is 6.61 Å². The maximum Gasteiger partial charge on any atom is 0.340 e. The van der Waals surface area contributed by atoms with Crippen LogP contribution in [-0.2, 0) is 11.8 Å². The lowest BCUT2D eigenvalue weighted by atomic mass is 10.1. The lowest BCUT2D eigenvalue weighted by Gasteiger charge is -2.09. The monoisotopic (exact) mass is 322 g/mol. The third-order valence-electron chi connectivity index (χ3n) is 3.55. The van der Waals surface area contributed by atoms with Crippen LogP contribution in [0.1, 0.15) is 23.0 Å². The molecule has 122 valence electrons. The molecule has 1 heterocycles. The third-order valence-corrected chi connectivity index (χ3v) is 3.55. The van der Waals surface area contributed by atoms with Crippen molar-refractivity contribution < 1.29 is 24.5 Å². The molecule has 23 heavy (non-hydrogen) atoms. The van der Waals surface area contributed by atoms with E-state index < -0.39 is 32.9 Å². The number of nitrogens with zero attached hydrogens (tertiary/aromatic N) is 3. The Morgan fingerprint density at radius 3 is 2.39 bits per heavy atom. The summed E-state index contributed by atoms with van der Waals surface area (Å²) >= 11 is 0. The molecule has 0 N–H and O–H groups in total. The van der Waals surface area contributed by atoms with Crippen molar-refractivity contribution in [1.29, 1.82) is 0 Å². The fourth-order valence-corrected chi connectivity index (χ4v) is 2.43. The van der Waals surface area contributed by atoms with Crippen LogP contribution in [0.5, 0.6) is 5.75 Å². The standard InChI is InChI=1S/C13H13N3O7/c1-4-23-13(18)9-6(2)14(3)7-5-8(15(19)20)12(17)11(10(7)9)16(21)22/h5,17H,4H2,1-3H3/p-1. The van der Waals surface area contributed by atoms with Gasteiger partial charge in [0.15, 0.2) is 0 Å². The van der Waals surface area contributed by atoms with Crippen molar-refractivity contribution in [3.8, 4) is 5.75 Å². The number of fused-ring (bicyclic) bond motifs is 1. The zero-order chi connectivity index (χ0) is 17.5. The first kappa shape index (κ1) is 16.2. The van der Waals surface area contributed by atoms with Gasteiger partial charge in [-0.25, -0.2) is 4.79 Å². The van der Waals surface area contributed by atoms with Crippen LogP contribution >= 0.6 is 0 Å². The number of aryl methyl sites for hydroxylation is 1. The highest BCUT2D eigenvalue weighted by atomic mass is 16.6. The number of esters is 1. The van der Waals surface area contributed by atoms with Gasteiger partial charge in [0, 0.05) is 18.8 Å². The van der Waals surface area contributed by atoms with Gasteiger partial charge in [0.25, 0.3) is 11.4 Å². The Labute approximate surface area is 129 Å². The average Bonchev–Trinajstić information content (AvgIpc) is 2.69. The molecule has 0 fully saturated rings. The molecule has 0 saturated heterocycles. The number of nitro groups is 2. The number of carbonyl (C=O) groups is 1. The highest BCUT2D eigenvalue weighted by Crippen LogP contribution is 2.43. The van der Waals surface area contributed by atoms with Gasteiger partial charge in [-0.2, -0.15) is 0 Å². The molecule has 2 aromatic rings. The van der Waals surface area contributed by atoms with Crippen molar-refractivity contribution in [2.45, 2.75) is 13.8 Å². The van der Waals surface area contributed by atoms with Crippen LogP contribution < -0.4 is 5.11 Å². The number of ether oxygens (including phenoxy) is 1. The Kier molecular flexibility index (Phi) is 3.91. The highest BCUT2D eigenvalue weighted by molar-refractivity contribution is 6.11. The van der Waals surface area contributed by atoms with Crippen LogP contribution in [0.4, 0.5) is 11.4 Å². The summed E-state index contributed by atoms with van der Waals surface area (Å²) in [6.45, 7) is 3.11. The normalized spacial score (nSPS) is 10.7. The van der Waals surface area contributed by atoms with Gasteiger partial charge in [-0.1, -0.05) is 0 Å². The highest BCUT2D eigenvalue weighted by Gasteiger charge is 2.31. The molecular formula is C13H12N3O7-. The summed E-state index contributed by atoms with van der Waals surface area (Å²) in [6.07, 6.45) is 0. The van der Waals surface area contributed by atoms with Gasteiger partial charge in [-0.15, -0.1) is 0 Å². The molecule has 2 rings (SSSR count). The maximum atomic E-state index is 12.1. The van der Waals surface area contributed by atoms with Gasteiger partial charge in [-0.05, 0) is 13.8 Å². The smallest absolute Gasteiger partial charge is 0.340 e. The molecule has 0 aliphatic heterocycles. The van der Waals surface area contributed by atoms with Crippen molar-refractivity contribution in [3.63, 3.8) is 0 Å². The molecule has 10 nitrogen and oxygen atoms in total. The molecule has 0 radical (unpaired) electrons. The maximum absolute atomic E-state index is 12.1. The Morgan fingerprint density at radius 2 is 1.91 bits per heavy atom. The molecule has 0 aliphatic carbocycles. The summed E-state index contributed by atoms with van der Waals surface area (Å²) in [5.41, 5.74) is -1.70. The molecule has 1 aromatic carbocycles. The lowest BCUT2D eigenvalue weighted by molar-refractivity contribution is -0.415. The summed E-state index contributed by atoms with van der Waals surface area (Å²) in [7, 11) is 1.48. The van der Waals surface area contributed by atoms with Crippen LogP contribution in [0.3, 0.4) is 0 Å². The van der Waals surface area contributed by atoms with Crippen molar-refractivity contribution in [1.82, 2.24) is 4.57 Å². The SMILES string of the molecule is CCOC(=O)c1c(C)n(C)c2cc([N+](=O)[O-])c([O-])c([N+](=O)[O-])c12. The Hall–Kier alpha value is -3.17. The predicted molar refractivity (Wildman–Crippen MR) is 76.4 cm³/mol. The second kappa shape index (κ2) is 5.55. The molecule has 0 spiro atoms. The van der Waals surface area contributed by atoms with E-state index in [-0.39, 0.29) is 23.1 Å². The fraction of sp³-hybridized carbons (Fsp3) is 0.308. The molecule has 0 aliphatic rings. The quantitative estimate of drug-likeness (QED) is 0.472. The van der Waals surface area contributed by atoms with Crippen LogP contribution in [0.2, 0.25) is 0 Å². The Bertz CT molecular complexity index is 853. The second-order valence-corrected chi connectivity index (χ2v) is 4.72. The minimum atomic E-state index is -1.34. The fourth-order valence-electron chi connectivity index (χ4n) is 2.43. The number of hydrogen-bond acceptors (Lipinski definition) is 7. The first-order chi connectivity index (χ1) is 10.7. The minimum absolute atomic E-state index is 0.0413. The third kappa shape index (κ3) is 2.33. The first-order valence-corrected chi connectivity index (χ1v) is 6.51. The van der Waals surface area contributed by atoms with E-state index in [9.17, 15) is 30.1 Å². The van der Waals surface area contributed by atoms with Crippen LogP contribution in [-0.4, -0.2) is 27.0 Å². The molecule has 0 unspecified atom stereocenters. The number of hydrogen-bond donors (Lipinski definition) is 0. The van der Waals surface area contributed by atoms with Crippen LogP contribution in [0.25, 0.3) is 10.9 Å². The van der Waals surface area contributed by atoms with Crippen LogP contribution in [0.15, 0.2) is 6.07 Å². The van der Waals surface area contributed by atoms with Crippen molar-refractivity contribution in [3.05, 3.63) is 37.6 Å². The van der Waals surface area contributed by atoms with E-state index >= 15 is 0 Å². The largest absolute Gasteiger partial charge is 0.863 e. The van der Waals surface area contributed by atoms with Gasteiger partial charge in [0.05, 0.1) is 38.7 Å². The summed E-state index contributed by atoms with van der Waals surface area (Å²) in [4.78, 5) is 32.4. The number of nitro benzene ring substituents is 2. The van der Waals surface area contributed by atoms with E-state index in [1.165, 1.54) is 18.5 Å². The molecule has 1 aromatic heterocycles. The van der Waals surface area contributed by atoms with Gasteiger partial charge >= 0.3 is 5.97 Å². The lowest BCUT2D eigenvalue weighted by Crippen LogP contribution is -2.08. The van der Waals surface area contributed by atoms with Gasteiger partial charge in [0.1, 0.15) is 0 Å². The summed E-state index contributed by atoms with van der Waals surface area (Å²) in [6, 6.07) is 0.931. The van der Waals surface area contributed by atoms with E-state index in [1.807, 2.05) is 0 Å². The summed E-state index contributed by atoms with van der Waals surface area (Å²) < 4.78 is 6.25. The summed E-state index contributed by atoms with van der Waals surface area (Å²) in [5.74, 6) is -2.17. The molecule has 0 atom stereocenters. The molecule has 0 bridgehead atoms. The zero-order valence-corrected chi connectivity index (χ0v) is 12.5. The van der Waals surface area contributed by atoms with Crippen LogP contribution in [0, 0.1) is 27.2 Å². The van der Waals surface area contributed by atoms with E-state index in [2.05, 4.69) is 0 Å². The first-order valence-electron chi connectivity index (χ1n) is 6.51. The number of aromatic nitrogens is 1. The average molecular weight is 322 g/mol. The Balaban J connectivity index is 3.04. The van der Waals surface area contributed by atoms with E-state index in [0.717, 1.165) is 6.07 Å². The van der Waals surface area contributed by atoms with Crippen molar-refractivity contribution >= 4 is 28.2 Å². The molecule has 10 heteroatoms. The zero-order valence-electron chi connectivity index (χ0n) is 12.5. The molecular weight excluding hydrogens is 310 g/mol. The number of rotatable bonds is 4. The number of benzene rings is 1. The van der Waals surface area contributed by atoms with E-state index in [0.29, 0.717) is 5.69 Å². The summed E-state index contributed by atoms with van der Waals surface area (Å²) in [5, 5.41) is 34.1. The second-order valence-electron chi connectivity index (χ2n) is 4.72. The van der Waals surface area contributed by atoms with E-state index in [4.69, 9.17) is 4.74 Å². The Morgan fingerprint density at radius 1 is 1.30 bits per heavy atom. The van der Waals surface area contributed by atoms with E-state index in [1.54, 1.807) is 6.92 Å². The minimum Gasteiger partial charge on any atom is -0.863 e. The van der Waals surface area contributed by atoms with Crippen molar-refractivity contribution in [2.24, 2.45) is 7.05 Å². The topological polar surface area (TPSA) is 141 Å².